The fourth-order valence-electron chi connectivity index (χ4n) is 1.14. The molecule has 0 aliphatic rings. The summed E-state index contributed by atoms with van der Waals surface area (Å²) in [5.74, 6) is -1.10. The van der Waals surface area contributed by atoms with Crippen molar-refractivity contribution in [3.05, 3.63) is 33.8 Å². The number of hydrogen-bond acceptors (Lipinski definition) is 1. The van der Waals surface area contributed by atoms with E-state index in [0.717, 1.165) is 0 Å². The fourth-order valence-corrected chi connectivity index (χ4v) is 1.53. The van der Waals surface area contributed by atoms with Gasteiger partial charge in [-0.05, 0) is 47.3 Å². The first-order valence-corrected chi connectivity index (χ1v) is 5.19. The van der Waals surface area contributed by atoms with Gasteiger partial charge in [0.2, 0.25) is 0 Å². The van der Waals surface area contributed by atoms with Crippen molar-refractivity contribution in [2.75, 3.05) is 0 Å². The Labute approximate surface area is 90.4 Å². The first kappa shape index (κ1) is 11.6. The average Bonchev–Trinajstić information content (AvgIpc) is 2.13. The van der Waals surface area contributed by atoms with E-state index in [-0.39, 0.29) is 10.5 Å². The fraction of sp³-hybridized carbons (Fsp3) is 0.400. The molecular formula is C10H12BrF2N. The van der Waals surface area contributed by atoms with Gasteiger partial charge in [-0.3, -0.25) is 0 Å². The van der Waals surface area contributed by atoms with E-state index in [9.17, 15) is 8.78 Å². The lowest BCUT2D eigenvalue weighted by atomic mass is 10.1. The highest BCUT2D eigenvalue weighted by Gasteiger charge is 2.11. The Morgan fingerprint density at radius 3 is 2.64 bits per heavy atom. The van der Waals surface area contributed by atoms with Crippen LogP contribution in [0.25, 0.3) is 0 Å². The summed E-state index contributed by atoms with van der Waals surface area (Å²) < 4.78 is 26.1. The maximum atomic E-state index is 13.4. The first-order valence-electron chi connectivity index (χ1n) is 4.40. The van der Waals surface area contributed by atoms with E-state index in [1.165, 1.54) is 12.1 Å². The van der Waals surface area contributed by atoms with E-state index in [1.807, 2.05) is 6.92 Å². The van der Waals surface area contributed by atoms with Gasteiger partial charge >= 0.3 is 0 Å². The van der Waals surface area contributed by atoms with Crippen molar-refractivity contribution in [1.82, 2.24) is 0 Å². The molecule has 78 valence electrons. The zero-order valence-electron chi connectivity index (χ0n) is 7.86. The number of rotatable bonds is 3. The quantitative estimate of drug-likeness (QED) is 0.834. The van der Waals surface area contributed by atoms with E-state index < -0.39 is 11.6 Å². The molecule has 0 aromatic heterocycles. The second-order valence-electron chi connectivity index (χ2n) is 3.35. The van der Waals surface area contributed by atoms with E-state index in [2.05, 4.69) is 15.9 Å². The highest BCUT2D eigenvalue weighted by atomic mass is 79.9. The van der Waals surface area contributed by atoms with Gasteiger partial charge in [-0.15, -0.1) is 0 Å². The summed E-state index contributed by atoms with van der Waals surface area (Å²) in [6.45, 7) is 1.86. The summed E-state index contributed by atoms with van der Waals surface area (Å²) in [6, 6.07) is 2.74. The summed E-state index contributed by atoms with van der Waals surface area (Å²) in [6.07, 6.45) is 1.22. The van der Waals surface area contributed by atoms with Crippen molar-refractivity contribution in [3.8, 4) is 0 Å². The molecule has 1 rings (SSSR count). The van der Waals surface area contributed by atoms with Crippen molar-refractivity contribution in [3.63, 3.8) is 0 Å². The highest BCUT2D eigenvalue weighted by Crippen LogP contribution is 2.23. The maximum absolute atomic E-state index is 13.4. The van der Waals surface area contributed by atoms with Crippen LogP contribution in [0.4, 0.5) is 8.78 Å². The van der Waals surface area contributed by atoms with Gasteiger partial charge in [0, 0.05) is 6.04 Å². The Morgan fingerprint density at radius 2 is 2.07 bits per heavy atom. The van der Waals surface area contributed by atoms with Gasteiger partial charge in [0.05, 0.1) is 4.47 Å². The number of aryl methyl sites for hydroxylation is 1. The molecule has 0 fully saturated rings. The smallest absolute Gasteiger partial charge is 0.143 e. The minimum Gasteiger partial charge on any atom is -0.328 e. The Balaban J connectivity index is 2.83. The Bertz CT molecular complexity index is 326. The molecule has 0 unspecified atom stereocenters. The summed E-state index contributed by atoms with van der Waals surface area (Å²) in [5, 5.41) is 0. The minimum atomic E-state index is -0.577. The molecular weight excluding hydrogens is 252 g/mol. The van der Waals surface area contributed by atoms with Gasteiger partial charge in [-0.1, -0.05) is 6.07 Å². The van der Waals surface area contributed by atoms with Gasteiger partial charge in [-0.25, -0.2) is 8.78 Å². The van der Waals surface area contributed by atoms with Crippen LogP contribution in [0, 0.1) is 11.6 Å². The molecule has 0 radical (unpaired) electrons. The summed E-state index contributed by atoms with van der Waals surface area (Å²) in [4.78, 5) is 0. The molecule has 2 N–H and O–H groups in total. The SMILES string of the molecule is C[C@H](N)CCc1ccc(F)c(Br)c1F. The van der Waals surface area contributed by atoms with Gasteiger partial charge < -0.3 is 5.73 Å². The van der Waals surface area contributed by atoms with Crippen LogP contribution < -0.4 is 5.73 Å². The van der Waals surface area contributed by atoms with Crippen molar-refractivity contribution in [2.24, 2.45) is 5.73 Å². The van der Waals surface area contributed by atoms with E-state index >= 15 is 0 Å². The molecule has 0 spiro atoms. The second-order valence-corrected chi connectivity index (χ2v) is 4.14. The third-order valence-electron chi connectivity index (χ3n) is 1.98. The molecule has 0 amide bonds. The summed E-state index contributed by atoms with van der Waals surface area (Å²) >= 11 is 2.86. The largest absolute Gasteiger partial charge is 0.328 e. The van der Waals surface area contributed by atoms with Gasteiger partial charge in [0.25, 0.3) is 0 Å². The highest BCUT2D eigenvalue weighted by molar-refractivity contribution is 9.10. The number of hydrogen-bond donors (Lipinski definition) is 1. The molecule has 1 aromatic rings. The zero-order chi connectivity index (χ0) is 10.7. The molecule has 1 aromatic carbocycles. The van der Waals surface area contributed by atoms with Crippen LogP contribution in [-0.4, -0.2) is 6.04 Å². The van der Waals surface area contributed by atoms with Crippen LogP contribution in [0.5, 0.6) is 0 Å². The van der Waals surface area contributed by atoms with Crippen LogP contribution in [0.2, 0.25) is 0 Å². The summed E-state index contributed by atoms with van der Waals surface area (Å²) in [7, 11) is 0. The van der Waals surface area contributed by atoms with Gasteiger partial charge in [-0.2, -0.15) is 0 Å². The Morgan fingerprint density at radius 1 is 1.43 bits per heavy atom. The average molecular weight is 264 g/mol. The first-order chi connectivity index (χ1) is 6.52. The molecule has 0 saturated heterocycles. The standard InChI is InChI=1S/C10H12BrF2N/c1-6(14)2-3-7-4-5-8(12)9(11)10(7)13/h4-6H,2-3,14H2,1H3/t6-/m0/s1. The van der Waals surface area contributed by atoms with Crippen LogP contribution in [0.1, 0.15) is 18.9 Å². The topological polar surface area (TPSA) is 26.0 Å². The molecule has 1 nitrogen and oxygen atoms in total. The van der Waals surface area contributed by atoms with E-state index in [4.69, 9.17) is 5.73 Å². The van der Waals surface area contributed by atoms with E-state index in [0.29, 0.717) is 18.4 Å². The zero-order valence-corrected chi connectivity index (χ0v) is 9.44. The predicted molar refractivity (Wildman–Crippen MR) is 56.0 cm³/mol. The van der Waals surface area contributed by atoms with Crippen molar-refractivity contribution < 1.29 is 8.78 Å². The summed E-state index contributed by atoms with van der Waals surface area (Å²) in [5.41, 5.74) is 6.05. The van der Waals surface area contributed by atoms with E-state index in [1.54, 1.807) is 0 Å². The molecule has 0 saturated carbocycles. The van der Waals surface area contributed by atoms with Crippen LogP contribution in [-0.2, 0) is 6.42 Å². The monoisotopic (exact) mass is 263 g/mol. The molecule has 0 heterocycles. The Hall–Kier alpha value is -0.480. The third-order valence-corrected chi connectivity index (χ3v) is 2.71. The number of benzene rings is 1. The van der Waals surface area contributed by atoms with Crippen molar-refractivity contribution >= 4 is 15.9 Å². The van der Waals surface area contributed by atoms with Gasteiger partial charge in [0.1, 0.15) is 11.6 Å². The maximum Gasteiger partial charge on any atom is 0.143 e. The van der Waals surface area contributed by atoms with Crippen molar-refractivity contribution in [2.45, 2.75) is 25.8 Å². The normalized spacial score (nSPS) is 12.9. The van der Waals surface area contributed by atoms with Crippen LogP contribution in [0.3, 0.4) is 0 Å². The third kappa shape index (κ3) is 2.75. The van der Waals surface area contributed by atoms with Gasteiger partial charge in [0.15, 0.2) is 0 Å². The number of nitrogens with two attached hydrogens (primary N) is 1. The lowest BCUT2D eigenvalue weighted by Crippen LogP contribution is -2.15. The molecule has 14 heavy (non-hydrogen) atoms. The molecule has 0 aliphatic carbocycles. The molecule has 0 aliphatic heterocycles. The van der Waals surface area contributed by atoms with Crippen LogP contribution >= 0.6 is 15.9 Å². The number of halogens is 3. The molecule has 0 bridgehead atoms. The Kier molecular flexibility index (Phi) is 4.01. The van der Waals surface area contributed by atoms with Crippen molar-refractivity contribution in [1.29, 1.82) is 0 Å². The molecule has 4 heteroatoms. The predicted octanol–water partition coefficient (Wildman–Crippen LogP) is 3.01. The lowest BCUT2D eigenvalue weighted by molar-refractivity contribution is 0.553. The minimum absolute atomic E-state index is 0.0261. The van der Waals surface area contributed by atoms with Crippen LogP contribution in [0.15, 0.2) is 16.6 Å². The molecule has 1 atom stereocenters. The second kappa shape index (κ2) is 4.84. The lowest BCUT2D eigenvalue weighted by Gasteiger charge is -2.07.